The minimum Gasteiger partial charge on any atom is -0.458 e. The van der Waals surface area contributed by atoms with Crippen LogP contribution in [0, 0.1) is 5.41 Å². The maximum Gasteiger partial charge on any atom is 0.203 e. The number of aryl methyl sites for hydroxylation is 2. The first-order chi connectivity index (χ1) is 6.54. The summed E-state index contributed by atoms with van der Waals surface area (Å²) in [7, 11) is 0. The van der Waals surface area contributed by atoms with E-state index in [2.05, 4.69) is 0 Å². The maximum atomic E-state index is 12.0. The summed E-state index contributed by atoms with van der Waals surface area (Å²) in [5.74, 6) is 1.71. The highest BCUT2D eigenvalue weighted by atomic mass is 16.3. The SMILES string of the molecule is CCc1cc2c(o1)C(=O)C(C)(C)CC2. The van der Waals surface area contributed by atoms with Crippen molar-refractivity contribution in [2.45, 2.75) is 40.0 Å². The molecule has 0 fully saturated rings. The molecule has 76 valence electrons. The normalized spacial score (nSPS) is 19.5. The summed E-state index contributed by atoms with van der Waals surface area (Å²) in [5, 5.41) is 0. The third kappa shape index (κ3) is 1.29. The predicted octanol–water partition coefficient (Wildman–Crippen LogP) is 3.00. The van der Waals surface area contributed by atoms with Gasteiger partial charge in [-0.1, -0.05) is 20.8 Å². The van der Waals surface area contributed by atoms with Gasteiger partial charge in [0.25, 0.3) is 0 Å². The predicted molar refractivity (Wildman–Crippen MR) is 54.5 cm³/mol. The second kappa shape index (κ2) is 2.97. The molecule has 0 bridgehead atoms. The highest BCUT2D eigenvalue weighted by molar-refractivity contribution is 6.00. The van der Waals surface area contributed by atoms with Crippen LogP contribution in [0.1, 0.15) is 49.1 Å². The van der Waals surface area contributed by atoms with Gasteiger partial charge < -0.3 is 4.42 Å². The summed E-state index contributed by atoms with van der Waals surface area (Å²) < 4.78 is 5.55. The Morgan fingerprint density at radius 3 is 2.86 bits per heavy atom. The second-order valence-corrected chi connectivity index (χ2v) is 4.63. The van der Waals surface area contributed by atoms with Crippen molar-refractivity contribution in [3.05, 3.63) is 23.2 Å². The Balaban J connectivity index is 2.45. The third-order valence-corrected chi connectivity index (χ3v) is 3.05. The molecular formula is C12H16O2. The van der Waals surface area contributed by atoms with Gasteiger partial charge in [0.15, 0.2) is 5.76 Å². The van der Waals surface area contributed by atoms with Crippen molar-refractivity contribution in [2.24, 2.45) is 5.41 Å². The van der Waals surface area contributed by atoms with Gasteiger partial charge in [-0.25, -0.2) is 0 Å². The molecule has 2 rings (SSSR count). The van der Waals surface area contributed by atoms with E-state index in [1.807, 2.05) is 26.8 Å². The van der Waals surface area contributed by atoms with Gasteiger partial charge in [-0.05, 0) is 18.9 Å². The lowest BCUT2D eigenvalue weighted by atomic mass is 9.76. The molecule has 0 unspecified atom stereocenters. The first-order valence-electron chi connectivity index (χ1n) is 5.21. The minimum absolute atomic E-state index is 0.165. The van der Waals surface area contributed by atoms with Crippen LogP contribution in [-0.4, -0.2) is 5.78 Å². The van der Waals surface area contributed by atoms with E-state index in [0.717, 1.165) is 30.6 Å². The van der Waals surface area contributed by atoms with Crippen molar-refractivity contribution in [3.63, 3.8) is 0 Å². The van der Waals surface area contributed by atoms with E-state index in [4.69, 9.17) is 4.42 Å². The minimum atomic E-state index is -0.240. The van der Waals surface area contributed by atoms with Crippen molar-refractivity contribution in [1.82, 2.24) is 0 Å². The second-order valence-electron chi connectivity index (χ2n) is 4.63. The number of Topliss-reactive ketones (excluding diaryl/α,β-unsaturated/α-hetero) is 1. The van der Waals surface area contributed by atoms with Gasteiger partial charge in [0.1, 0.15) is 5.76 Å². The first-order valence-corrected chi connectivity index (χ1v) is 5.21. The van der Waals surface area contributed by atoms with Gasteiger partial charge in [-0.3, -0.25) is 4.79 Å². The van der Waals surface area contributed by atoms with E-state index in [9.17, 15) is 4.79 Å². The average molecular weight is 192 g/mol. The summed E-state index contributed by atoms with van der Waals surface area (Å²) in [6.45, 7) is 6.03. The third-order valence-electron chi connectivity index (χ3n) is 3.05. The van der Waals surface area contributed by atoms with Crippen molar-refractivity contribution >= 4 is 5.78 Å². The smallest absolute Gasteiger partial charge is 0.203 e. The molecule has 0 amide bonds. The fourth-order valence-corrected chi connectivity index (χ4v) is 1.91. The summed E-state index contributed by atoms with van der Waals surface area (Å²) in [6, 6.07) is 2.03. The Bertz CT molecular complexity index is 372. The Kier molecular flexibility index (Phi) is 2.02. The summed E-state index contributed by atoms with van der Waals surface area (Å²) >= 11 is 0. The molecule has 0 atom stereocenters. The fraction of sp³-hybridized carbons (Fsp3) is 0.583. The van der Waals surface area contributed by atoms with E-state index in [-0.39, 0.29) is 11.2 Å². The molecule has 1 aromatic heterocycles. The molecule has 2 nitrogen and oxygen atoms in total. The number of rotatable bonds is 1. The van der Waals surface area contributed by atoms with Gasteiger partial charge in [0.2, 0.25) is 5.78 Å². The van der Waals surface area contributed by atoms with Gasteiger partial charge >= 0.3 is 0 Å². The monoisotopic (exact) mass is 192 g/mol. The van der Waals surface area contributed by atoms with Gasteiger partial charge in [-0.2, -0.15) is 0 Å². The molecule has 2 heteroatoms. The van der Waals surface area contributed by atoms with E-state index in [1.54, 1.807) is 0 Å². The highest BCUT2D eigenvalue weighted by Gasteiger charge is 2.36. The average Bonchev–Trinajstić information content (AvgIpc) is 2.55. The lowest BCUT2D eigenvalue weighted by molar-refractivity contribution is 0.0776. The molecule has 1 aliphatic carbocycles. The van der Waals surface area contributed by atoms with Crippen LogP contribution in [0.2, 0.25) is 0 Å². The van der Waals surface area contributed by atoms with Gasteiger partial charge in [-0.15, -0.1) is 0 Å². The Morgan fingerprint density at radius 1 is 1.50 bits per heavy atom. The van der Waals surface area contributed by atoms with Crippen LogP contribution in [0.5, 0.6) is 0 Å². The van der Waals surface area contributed by atoms with Crippen LogP contribution in [-0.2, 0) is 12.8 Å². The molecule has 14 heavy (non-hydrogen) atoms. The molecule has 1 heterocycles. The van der Waals surface area contributed by atoms with Gasteiger partial charge in [0.05, 0.1) is 0 Å². The van der Waals surface area contributed by atoms with Crippen LogP contribution in [0.15, 0.2) is 10.5 Å². The lowest BCUT2D eigenvalue weighted by Gasteiger charge is -2.26. The number of furan rings is 1. The molecular weight excluding hydrogens is 176 g/mol. The van der Waals surface area contributed by atoms with Crippen LogP contribution >= 0.6 is 0 Å². The number of carbonyl (C=O) groups excluding carboxylic acids is 1. The van der Waals surface area contributed by atoms with Crippen molar-refractivity contribution in [3.8, 4) is 0 Å². The first kappa shape index (κ1) is 9.50. The number of fused-ring (bicyclic) bond motifs is 1. The highest BCUT2D eigenvalue weighted by Crippen LogP contribution is 2.36. The van der Waals surface area contributed by atoms with Crippen LogP contribution in [0.3, 0.4) is 0 Å². The molecule has 0 aromatic carbocycles. The Labute approximate surface area is 84.3 Å². The largest absolute Gasteiger partial charge is 0.458 e. The zero-order valence-electron chi connectivity index (χ0n) is 9.02. The van der Waals surface area contributed by atoms with Crippen molar-refractivity contribution in [1.29, 1.82) is 0 Å². The summed E-state index contributed by atoms with van der Waals surface area (Å²) in [5.41, 5.74) is 0.863. The Hall–Kier alpha value is -1.05. The molecule has 1 aromatic rings. The number of hydrogen-bond acceptors (Lipinski definition) is 2. The topological polar surface area (TPSA) is 30.2 Å². The van der Waals surface area contributed by atoms with E-state index >= 15 is 0 Å². The van der Waals surface area contributed by atoms with Crippen LogP contribution in [0.4, 0.5) is 0 Å². The van der Waals surface area contributed by atoms with Crippen molar-refractivity contribution in [2.75, 3.05) is 0 Å². The zero-order valence-corrected chi connectivity index (χ0v) is 9.02. The van der Waals surface area contributed by atoms with E-state index in [1.165, 1.54) is 0 Å². The van der Waals surface area contributed by atoms with E-state index in [0.29, 0.717) is 5.76 Å². The number of ketones is 1. The molecule has 0 radical (unpaired) electrons. The standard InChI is InChI=1S/C12H16O2/c1-4-9-7-8-5-6-12(2,3)11(13)10(8)14-9/h7H,4-6H2,1-3H3. The zero-order chi connectivity index (χ0) is 10.3. The van der Waals surface area contributed by atoms with Crippen LogP contribution < -0.4 is 0 Å². The lowest BCUT2D eigenvalue weighted by Crippen LogP contribution is -2.29. The number of carbonyl (C=O) groups is 1. The molecule has 0 N–H and O–H groups in total. The molecule has 1 aliphatic rings. The Morgan fingerprint density at radius 2 is 2.21 bits per heavy atom. The quantitative estimate of drug-likeness (QED) is 0.684. The molecule has 0 spiro atoms. The van der Waals surface area contributed by atoms with Crippen molar-refractivity contribution < 1.29 is 9.21 Å². The van der Waals surface area contributed by atoms with E-state index < -0.39 is 0 Å². The maximum absolute atomic E-state index is 12.0. The van der Waals surface area contributed by atoms with Crippen LogP contribution in [0.25, 0.3) is 0 Å². The summed E-state index contributed by atoms with van der Waals surface area (Å²) in [4.78, 5) is 12.0. The number of hydrogen-bond donors (Lipinski definition) is 0. The fourth-order valence-electron chi connectivity index (χ4n) is 1.91. The summed E-state index contributed by atoms with van der Waals surface area (Å²) in [6.07, 6.45) is 2.76. The molecule has 0 aliphatic heterocycles. The van der Waals surface area contributed by atoms with Gasteiger partial charge in [0, 0.05) is 17.4 Å². The molecule has 0 saturated carbocycles. The molecule has 0 saturated heterocycles.